The van der Waals surface area contributed by atoms with Crippen molar-refractivity contribution < 1.29 is 14.3 Å². The molecule has 0 saturated carbocycles. The van der Waals surface area contributed by atoms with E-state index in [-0.39, 0.29) is 12.1 Å². The van der Waals surface area contributed by atoms with Gasteiger partial charge in [-0.15, -0.1) is 0 Å². The zero-order chi connectivity index (χ0) is 13.7. The maximum absolute atomic E-state index is 11.9. The maximum Gasteiger partial charge on any atom is 0.338 e. The highest BCUT2D eigenvalue weighted by atomic mass is 16.5. The SMILES string of the molecule is COc1cc(C(=O)OC(C)CC(C)C)ccc1N. The van der Waals surface area contributed by atoms with Gasteiger partial charge in [0.25, 0.3) is 0 Å². The highest BCUT2D eigenvalue weighted by Crippen LogP contribution is 2.23. The zero-order valence-electron chi connectivity index (χ0n) is 11.4. The molecule has 0 heterocycles. The van der Waals surface area contributed by atoms with Crippen molar-refractivity contribution >= 4 is 11.7 Å². The Labute approximate surface area is 108 Å². The van der Waals surface area contributed by atoms with E-state index in [9.17, 15) is 4.79 Å². The van der Waals surface area contributed by atoms with Crippen molar-refractivity contribution in [2.24, 2.45) is 5.92 Å². The molecule has 0 spiro atoms. The summed E-state index contributed by atoms with van der Waals surface area (Å²) in [5.41, 5.74) is 6.65. The third-order valence-electron chi connectivity index (χ3n) is 2.58. The number of ether oxygens (including phenoxy) is 2. The summed E-state index contributed by atoms with van der Waals surface area (Å²) in [6.07, 6.45) is 0.749. The zero-order valence-corrected chi connectivity index (χ0v) is 11.4. The van der Waals surface area contributed by atoms with E-state index in [4.69, 9.17) is 15.2 Å². The van der Waals surface area contributed by atoms with Gasteiger partial charge >= 0.3 is 5.97 Å². The molecule has 1 unspecified atom stereocenters. The summed E-state index contributed by atoms with van der Waals surface area (Å²) in [7, 11) is 1.52. The number of anilines is 1. The first-order valence-corrected chi connectivity index (χ1v) is 6.08. The highest BCUT2D eigenvalue weighted by molar-refractivity contribution is 5.90. The van der Waals surface area contributed by atoms with E-state index >= 15 is 0 Å². The smallest absolute Gasteiger partial charge is 0.338 e. The Balaban J connectivity index is 2.72. The van der Waals surface area contributed by atoms with Crippen LogP contribution in [0.3, 0.4) is 0 Å². The van der Waals surface area contributed by atoms with Gasteiger partial charge in [0.15, 0.2) is 0 Å². The lowest BCUT2D eigenvalue weighted by molar-refractivity contribution is 0.0299. The van der Waals surface area contributed by atoms with Gasteiger partial charge in [-0.2, -0.15) is 0 Å². The van der Waals surface area contributed by atoms with E-state index < -0.39 is 0 Å². The second kappa shape index (κ2) is 6.28. The third kappa shape index (κ3) is 3.95. The molecule has 1 aromatic carbocycles. The van der Waals surface area contributed by atoms with Crippen LogP contribution in [0.25, 0.3) is 0 Å². The van der Waals surface area contributed by atoms with Gasteiger partial charge in [-0.3, -0.25) is 0 Å². The van der Waals surface area contributed by atoms with E-state index in [1.165, 1.54) is 7.11 Å². The molecule has 0 saturated heterocycles. The monoisotopic (exact) mass is 251 g/mol. The molecular formula is C14H21NO3. The number of hydrogen-bond donors (Lipinski definition) is 1. The van der Waals surface area contributed by atoms with Crippen molar-refractivity contribution in [2.75, 3.05) is 12.8 Å². The molecule has 0 aliphatic rings. The Kier molecular flexibility index (Phi) is 5.01. The van der Waals surface area contributed by atoms with Crippen LogP contribution in [0.2, 0.25) is 0 Å². The van der Waals surface area contributed by atoms with E-state index in [1.807, 2.05) is 6.92 Å². The summed E-state index contributed by atoms with van der Waals surface area (Å²) in [6.45, 7) is 6.08. The quantitative estimate of drug-likeness (QED) is 0.645. The van der Waals surface area contributed by atoms with Gasteiger partial charge in [0, 0.05) is 0 Å². The molecule has 4 heteroatoms. The number of benzene rings is 1. The fourth-order valence-electron chi connectivity index (χ4n) is 1.80. The second-order valence-corrected chi connectivity index (χ2v) is 4.80. The highest BCUT2D eigenvalue weighted by Gasteiger charge is 2.14. The van der Waals surface area contributed by atoms with E-state index in [2.05, 4.69) is 13.8 Å². The number of nitrogen functional groups attached to an aromatic ring is 1. The Bertz CT molecular complexity index is 416. The molecule has 0 aliphatic carbocycles. The van der Waals surface area contributed by atoms with E-state index in [1.54, 1.807) is 18.2 Å². The first kappa shape index (κ1) is 14.4. The second-order valence-electron chi connectivity index (χ2n) is 4.80. The van der Waals surface area contributed by atoms with Crippen molar-refractivity contribution in [3.8, 4) is 5.75 Å². The summed E-state index contributed by atoms with van der Waals surface area (Å²) in [5, 5.41) is 0. The van der Waals surface area contributed by atoms with Crippen LogP contribution >= 0.6 is 0 Å². The van der Waals surface area contributed by atoms with Gasteiger partial charge in [-0.25, -0.2) is 4.79 Å². The van der Waals surface area contributed by atoms with Gasteiger partial charge in [-0.05, 0) is 37.5 Å². The molecule has 0 aromatic heterocycles. The number of rotatable bonds is 5. The molecule has 1 atom stereocenters. The number of hydrogen-bond acceptors (Lipinski definition) is 4. The Morgan fingerprint density at radius 3 is 2.56 bits per heavy atom. The van der Waals surface area contributed by atoms with Crippen molar-refractivity contribution in [3.63, 3.8) is 0 Å². The van der Waals surface area contributed by atoms with E-state index in [0.29, 0.717) is 22.9 Å². The topological polar surface area (TPSA) is 61.5 Å². The van der Waals surface area contributed by atoms with Crippen LogP contribution in [0.1, 0.15) is 37.6 Å². The van der Waals surface area contributed by atoms with Crippen molar-refractivity contribution in [1.29, 1.82) is 0 Å². The summed E-state index contributed by atoms with van der Waals surface area (Å²) in [6, 6.07) is 4.88. The van der Waals surface area contributed by atoms with Gasteiger partial charge in [0.05, 0.1) is 24.5 Å². The molecule has 0 bridgehead atoms. The molecule has 0 fully saturated rings. The normalized spacial score (nSPS) is 12.3. The number of carbonyl (C=O) groups excluding carboxylic acids is 1. The van der Waals surface area contributed by atoms with E-state index in [0.717, 1.165) is 6.42 Å². The number of esters is 1. The number of nitrogens with two attached hydrogens (primary N) is 1. The van der Waals surface area contributed by atoms with Crippen LogP contribution < -0.4 is 10.5 Å². The standard InChI is InChI=1S/C14H21NO3/c1-9(2)7-10(3)18-14(16)11-5-6-12(15)13(8-11)17-4/h5-6,8-10H,7,15H2,1-4H3. The average Bonchev–Trinajstić information content (AvgIpc) is 2.28. The van der Waals surface area contributed by atoms with Crippen LogP contribution in [0, 0.1) is 5.92 Å². The van der Waals surface area contributed by atoms with Crippen molar-refractivity contribution in [2.45, 2.75) is 33.3 Å². The fourth-order valence-corrected chi connectivity index (χ4v) is 1.80. The number of carbonyl (C=O) groups is 1. The van der Waals surface area contributed by atoms with Crippen LogP contribution in [0.15, 0.2) is 18.2 Å². The summed E-state index contributed by atoms with van der Waals surface area (Å²) in [5.74, 6) is 0.635. The molecule has 1 rings (SSSR count). The molecule has 18 heavy (non-hydrogen) atoms. The maximum atomic E-state index is 11.9. The van der Waals surface area contributed by atoms with Gasteiger partial charge in [-0.1, -0.05) is 13.8 Å². The Morgan fingerprint density at radius 1 is 1.33 bits per heavy atom. The molecule has 1 aromatic rings. The van der Waals surface area contributed by atoms with Gasteiger partial charge in [0.2, 0.25) is 0 Å². The predicted octanol–water partition coefficient (Wildman–Crippen LogP) is 2.87. The minimum atomic E-state index is -0.346. The molecular weight excluding hydrogens is 230 g/mol. The van der Waals surface area contributed by atoms with Gasteiger partial charge in [0.1, 0.15) is 5.75 Å². The van der Waals surface area contributed by atoms with Crippen LogP contribution in [-0.2, 0) is 4.74 Å². The van der Waals surface area contributed by atoms with Crippen LogP contribution in [0.4, 0.5) is 5.69 Å². The largest absolute Gasteiger partial charge is 0.495 e. The molecule has 4 nitrogen and oxygen atoms in total. The van der Waals surface area contributed by atoms with Crippen LogP contribution in [0.5, 0.6) is 5.75 Å². The predicted molar refractivity (Wildman–Crippen MR) is 71.7 cm³/mol. The van der Waals surface area contributed by atoms with Crippen molar-refractivity contribution in [3.05, 3.63) is 23.8 Å². The summed E-state index contributed by atoms with van der Waals surface area (Å²) in [4.78, 5) is 11.9. The first-order chi connectivity index (χ1) is 8.43. The molecule has 100 valence electrons. The van der Waals surface area contributed by atoms with Crippen molar-refractivity contribution in [1.82, 2.24) is 0 Å². The fraction of sp³-hybridized carbons (Fsp3) is 0.500. The Hall–Kier alpha value is -1.71. The lowest BCUT2D eigenvalue weighted by atomic mass is 10.1. The lowest BCUT2D eigenvalue weighted by Gasteiger charge is -2.15. The van der Waals surface area contributed by atoms with Gasteiger partial charge < -0.3 is 15.2 Å². The first-order valence-electron chi connectivity index (χ1n) is 6.08. The molecule has 2 N–H and O–H groups in total. The molecule has 0 radical (unpaired) electrons. The number of methoxy groups -OCH3 is 1. The van der Waals surface area contributed by atoms with Crippen LogP contribution in [-0.4, -0.2) is 19.2 Å². The third-order valence-corrected chi connectivity index (χ3v) is 2.58. The minimum Gasteiger partial charge on any atom is -0.495 e. The Morgan fingerprint density at radius 2 is 2.00 bits per heavy atom. The average molecular weight is 251 g/mol. The summed E-state index contributed by atoms with van der Waals surface area (Å²) < 4.78 is 10.4. The lowest BCUT2D eigenvalue weighted by Crippen LogP contribution is -2.17. The minimum absolute atomic E-state index is 0.0963. The molecule has 0 aliphatic heterocycles. The molecule has 0 amide bonds. The summed E-state index contributed by atoms with van der Waals surface area (Å²) >= 11 is 0.